The monoisotopic (exact) mass is 354 g/mol. The Labute approximate surface area is 144 Å². The minimum Gasteiger partial charge on any atom is -0.464 e. The normalized spacial score (nSPS) is 11.8. The molecule has 122 valence electrons. The number of nitrogens with one attached hydrogen (secondary N) is 1. The molecular formula is C16H16Cl2N2O3. The second-order valence-electron chi connectivity index (χ2n) is 4.84. The Morgan fingerprint density at radius 1 is 1.30 bits per heavy atom. The molecule has 0 spiro atoms. The summed E-state index contributed by atoms with van der Waals surface area (Å²) in [6.45, 7) is -0.00449. The number of halogens is 2. The zero-order valence-electron chi connectivity index (χ0n) is 12.4. The second-order valence-corrected chi connectivity index (χ2v) is 5.71. The lowest BCUT2D eigenvalue weighted by atomic mass is 10.0. The van der Waals surface area contributed by atoms with Crippen molar-refractivity contribution >= 4 is 34.9 Å². The Morgan fingerprint density at radius 3 is 2.52 bits per heavy atom. The summed E-state index contributed by atoms with van der Waals surface area (Å²) in [5, 5.41) is 13.6. The smallest absolute Gasteiger partial charge is 0.356 e. The van der Waals surface area contributed by atoms with Crippen molar-refractivity contribution in [3.8, 4) is 0 Å². The van der Waals surface area contributed by atoms with Crippen LogP contribution < -0.4 is 5.32 Å². The highest BCUT2D eigenvalue weighted by molar-refractivity contribution is 6.34. The van der Waals surface area contributed by atoms with Gasteiger partial charge in [-0.1, -0.05) is 23.2 Å². The molecule has 0 amide bonds. The number of esters is 1. The third-order valence-electron chi connectivity index (χ3n) is 3.20. The largest absolute Gasteiger partial charge is 0.464 e. The number of nitrogens with zero attached hydrogens (tertiary/aromatic N) is 1. The van der Waals surface area contributed by atoms with Gasteiger partial charge in [-0.15, -0.1) is 0 Å². The molecule has 1 aromatic heterocycles. The Balaban J connectivity index is 2.20. The summed E-state index contributed by atoms with van der Waals surface area (Å²) in [6, 6.07) is 8.32. The van der Waals surface area contributed by atoms with Gasteiger partial charge in [-0.2, -0.15) is 0 Å². The van der Waals surface area contributed by atoms with Gasteiger partial charge in [0.2, 0.25) is 0 Å². The van der Waals surface area contributed by atoms with E-state index >= 15 is 0 Å². The molecule has 0 aliphatic carbocycles. The first kappa shape index (κ1) is 17.5. The zero-order valence-corrected chi connectivity index (χ0v) is 13.9. The van der Waals surface area contributed by atoms with Crippen LogP contribution in [-0.2, 0) is 4.74 Å². The predicted molar refractivity (Wildman–Crippen MR) is 90.1 cm³/mol. The van der Waals surface area contributed by atoms with Crippen LogP contribution in [0.1, 0.15) is 28.5 Å². The molecule has 0 aliphatic heterocycles. The molecule has 0 bridgehead atoms. The van der Waals surface area contributed by atoms with Gasteiger partial charge in [0.05, 0.1) is 25.0 Å². The molecule has 2 aromatic rings. The summed E-state index contributed by atoms with van der Waals surface area (Å²) in [7, 11) is 1.30. The number of hydrogen-bond donors (Lipinski definition) is 2. The van der Waals surface area contributed by atoms with Crippen LogP contribution in [0, 0.1) is 0 Å². The number of methoxy groups -OCH3 is 1. The molecule has 1 unspecified atom stereocenters. The van der Waals surface area contributed by atoms with Gasteiger partial charge in [-0.05, 0) is 42.3 Å². The number of aliphatic hydroxyl groups excluding tert-OH is 1. The molecule has 7 heteroatoms. The summed E-state index contributed by atoms with van der Waals surface area (Å²) < 4.78 is 4.61. The highest BCUT2D eigenvalue weighted by Crippen LogP contribution is 2.28. The van der Waals surface area contributed by atoms with Crippen LogP contribution in [0.3, 0.4) is 0 Å². The first-order valence-corrected chi connectivity index (χ1v) is 7.67. The molecule has 0 radical (unpaired) electrons. The van der Waals surface area contributed by atoms with Gasteiger partial charge in [0.25, 0.3) is 0 Å². The Kier molecular flexibility index (Phi) is 6.21. The number of rotatable bonds is 6. The maximum atomic E-state index is 11.4. The van der Waals surface area contributed by atoms with Crippen molar-refractivity contribution in [3.63, 3.8) is 0 Å². The average Bonchev–Trinajstić information content (AvgIpc) is 2.53. The minimum absolute atomic E-state index is 0.00449. The average molecular weight is 355 g/mol. The fourth-order valence-electron chi connectivity index (χ4n) is 2.13. The van der Waals surface area contributed by atoms with E-state index in [0.717, 1.165) is 5.56 Å². The van der Waals surface area contributed by atoms with Crippen molar-refractivity contribution in [1.29, 1.82) is 0 Å². The Hall–Kier alpha value is -1.82. The number of benzene rings is 1. The number of aromatic nitrogens is 1. The van der Waals surface area contributed by atoms with Crippen LogP contribution in [0.4, 0.5) is 5.69 Å². The van der Waals surface area contributed by atoms with Crippen LogP contribution in [0.15, 0.2) is 36.5 Å². The summed E-state index contributed by atoms with van der Waals surface area (Å²) in [4.78, 5) is 15.4. The summed E-state index contributed by atoms with van der Waals surface area (Å²) in [5.41, 5.74) is 1.78. The van der Waals surface area contributed by atoms with Crippen LogP contribution in [0.25, 0.3) is 0 Å². The topological polar surface area (TPSA) is 71.5 Å². The Bertz CT molecular complexity index is 657. The maximum Gasteiger partial charge on any atom is 0.356 e. The third kappa shape index (κ3) is 4.82. The van der Waals surface area contributed by atoms with Crippen molar-refractivity contribution in [1.82, 2.24) is 4.98 Å². The van der Waals surface area contributed by atoms with Crippen LogP contribution in [-0.4, -0.2) is 29.8 Å². The van der Waals surface area contributed by atoms with E-state index in [1.54, 1.807) is 30.3 Å². The lowest BCUT2D eigenvalue weighted by Crippen LogP contribution is -2.13. The lowest BCUT2D eigenvalue weighted by molar-refractivity contribution is 0.0594. The van der Waals surface area contributed by atoms with Crippen molar-refractivity contribution in [2.24, 2.45) is 0 Å². The number of aliphatic hydroxyl groups is 1. The maximum absolute atomic E-state index is 11.4. The van der Waals surface area contributed by atoms with Crippen LogP contribution in [0.5, 0.6) is 0 Å². The number of carbonyl (C=O) groups is 1. The lowest BCUT2D eigenvalue weighted by Gasteiger charge is -2.20. The molecule has 5 nitrogen and oxygen atoms in total. The number of hydrogen-bond acceptors (Lipinski definition) is 5. The highest BCUT2D eigenvalue weighted by Gasteiger charge is 2.14. The van der Waals surface area contributed by atoms with Crippen molar-refractivity contribution in [3.05, 3.63) is 57.8 Å². The molecular weight excluding hydrogens is 339 g/mol. The van der Waals surface area contributed by atoms with Gasteiger partial charge >= 0.3 is 5.97 Å². The van der Waals surface area contributed by atoms with E-state index in [1.807, 2.05) is 0 Å². The van der Waals surface area contributed by atoms with E-state index in [2.05, 4.69) is 15.0 Å². The van der Waals surface area contributed by atoms with Crippen molar-refractivity contribution < 1.29 is 14.6 Å². The molecule has 0 saturated heterocycles. The summed E-state index contributed by atoms with van der Waals surface area (Å²) in [6.07, 6.45) is 2.00. The van der Waals surface area contributed by atoms with Crippen molar-refractivity contribution in [2.75, 3.05) is 19.0 Å². The number of ether oxygens (including phenoxy) is 1. The molecule has 0 fully saturated rings. The molecule has 1 atom stereocenters. The Morgan fingerprint density at radius 2 is 2.00 bits per heavy atom. The molecule has 2 N–H and O–H groups in total. The van der Waals surface area contributed by atoms with E-state index < -0.39 is 5.97 Å². The van der Waals surface area contributed by atoms with E-state index in [0.29, 0.717) is 22.2 Å². The van der Waals surface area contributed by atoms with Gasteiger partial charge in [-0.25, -0.2) is 9.78 Å². The second kappa shape index (κ2) is 8.15. The first-order valence-electron chi connectivity index (χ1n) is 6.91. The molecule has 0 saturated carbocycles. The van der Waals surface area contributed by atoms with E-state index in [9.17, 15) is 9.90 Å². The minimum atomic E-state index is -0.495. The van der Waals surface area contributed by atoms with E-state index in [1.165, 1.54) is 13.3 Å². The molecule has 1 aromatic carbocycles. The SMILES string of the molecule is COC(=O)c1ccc(NC(CCO)c2cc(Cl)cc(Cl)c2)cn1. The fourth-order valence-corrected chi connectivity index (χ4v) is 2.68. The third-order valence-corrected chi connectivity index (χ3v) is 3.64. The van der Waals surface area contributed by atoms with Crippen LogP contribution in [0.2, 0.25) is 10.0 Å². The first-order chi connectivity index (χ1) is 11.0. The quantitative estimate of drug-likeness (QED) is 0.773. The van der Waals surface area contributed by atoms with Gasteiger partial charge in [0.1, 0.15) is 5.69 Å². The molecule has 1 heterocycles. The highest BCUT2D eigenvalue weighted by atomic mass is 35.5. The van der Waals surface area contributed by atoms with E-state index in [-0.39, 0.29) is 18.3 Å². The van der Waals surface area contributed by atoms with Gasteiger partial charge in [0, 0.05) is 16.7 Å². The standard InChI is InChI=1S/C16H16Cl2N2O3/c1-23-16(22)15-3-2-13(9-19-15)20-14(4-5-21)10-6-11(17)8-12(18)7-10/h2-3,6-9,14,20-21H,4-5H2,1H3. The molecule has 2 rings (SSSR count). The number of pyridine rings is 1. The molecule has 23 heavy (non-hydrogen) atoms. The predicted octanol–water partition coefficient (Wildman–Crippen LogP) is 3.71. The van der Waals surface area contributed by atoms with Gasteiger partial charge in [0.15, 0.2) is 0 Å². The van der Waals surface area contributed by atoms with E-state index in [4.69, 9.17) is 23.2 Å². The van der Waals surface area contributed by atoms with Crippen molar-refractivity contribution in [2.45, 2.75) is 12.5 Å². The summed E-state index contributed by atoms with van der Waals surface area (Å²) >= 11 is 12.1. The number of anilines is 1. The number of carbonyl (C=O) groups excluding carboxylic acids is 1. The van der Waals surface area contributed by atoms with Gasteiger partial charge < -0.3 is 15.2 Å². The van der Waals surface area contributed by atoms with Gasteiger partial charge in [-0.3, -0.25) is 0 Å². The molecule has 0 aliphatic rings. The summed E-state index contributed by atoms with van der Waals surface area (Å²) in [5.74, 6) is -0.495. The van der Waals surface area contributed by atoms with Crippen LogP contribution >= 0.6 is 23.2 Å². The zero-order chi connectivity index (χ0) is 16.8. The fraction of sp³-hybridized carbons (Fsp3) is 0.250.